The lowest BCUT2D eigenvalue weighted by Gasteiger charge is -2.29. The van der Waals surface area contributed by atoms with Gasteiger partial charge in [-0.1, -0.05) is 25.9 Å². The molecule has 2 rings (SSSR count). The smallest absolute Gasteiger partial charge is 0.323 e. The molecule has 0 atom stereocenters. The standard InChI is InChI=1S/C14H21N3O4/c1-14(2,3)10-8-11(16-21-10)15-13(20)17-6-4-9(5-7-17)12(18)19/h8-9H,4-7H2,1-3H3,(H,18,19)(H,15,16,20). The van der Waals surface area contributed by atoms with Crippen LogP contribution in [0.15, 0.2) is 10.6 Å². The molecule has 0 spiro atoms. The number of amides is 2. The Labute approximate surface area is 123 Å². The van der Waals surface area contributed by atoms with Crippen molar-refractivity contribution in [1.29, 1.82) is 0 Å². The van der Waals surface area contributed by atoms with Crippen molar-refractivity contribution in [2.75, 3.05) is 18.4 Å². The zero-order chi connectivity index (χ0) is 15.6. The van der Waals surface area contributed by atoms with Crippen molar-refractivity contribution >= 4 is 17.8 Å². The molecule has 0 radical (unpaired) electrons. The van der Waals surface area contributed by atoms with Crippen LogP contribution in [0.1, 0.15) is 39.4 Å². The Morgan fingerprint density at radius 2 is 2.00 bits per heavy atom. The Bertz CT molecular complexity index is 525. The molecule has 2 heterocycles. The lowest BCUT2D eigenvalue weighted by Crippen LogP contribution is -2.42. The first-order chi connectivity index (χ1) is 9.77. The summed E-state index contributed by atoms with van der Waals surface area (Å²) in [6, 6.07) is 1.44. The number of hydrogen-bond donors (Lipinski definition) is 2. The molecule has 1 fully saturated rings. The summed E-state index contributed by atoms with van der Waals surface area (Å²) in [5, 5.41) is 15.5. The van der Waals surface area contributed by atoms with E-state index < -0.39 is 5.97 Å². The SMILES string of the molecule is CC(C)(C)c1cc(NC(=O)N2CCC(C(=O)O)CC2)no1. The number of urea groups is 1. The molecular formula is C14H21N3O4. The highest BCUT2D eigenvalue weighted by Crippen LogP contribution is 2.25. The Morgan fingerprint density at radius 1 is 1.38 bits per heavy atom. The summed E-state index contributed by atoms with van der Waals surface area (Å²) < 4.78 is 5.20. The third-order valence-corrected chi connectivity index (χ3v) is 3.62. The van der Waals surface area contributed by atoms with Gasteiger partial charge in [-0.15, -0.1) is 0 Å². The number of likely N-dealkylation sites (tertiary alicyclic amines) is 1. The van der Waals surface area contributed by atoms with Crippen molar-refractivity contribution in [2.24, 2.45) is 5.92 Å². The van der Waals surface area contributed by atoms with Gasteiger partial charge in [0.2, 0.25) is 0 Å². The van der Waals surface area contributed by atoms with Gasteiger partial charge < -0.3 is 14.5 Å². The predicted molar refractivity (Wildman–Crippen MR) is 76.2 cm³/mol. The van der Waals surface area contributed by atoms with Crippen molar-refractivity contribution in [3.8, 4) is 0 Å². The minimum atomic E-state index is -0.790. The maximum absolute atomic E-state index is 12.1. The van der Waals surface area contributed by atoms with Crippen LogP contribution in [-0.4, -0.2) is 40.3 Å². The van der Waals surface area contributed by atoms with Crippen molar-refractivity contribution in [3.63, 3.8) is 0 Å². The molecule has 1 aromatic rings. The number of rotatable bonds is 2. The first-order valence-corrected chi connectivity index (χ1v) is 7.03. The topological polar surface area (TPSA) is 95.7 Å². The fourth-order valence-corrected chi connectivity index (χ4v) is 2.21. The molecule has 7 nitrogen and oxygen atoms in total. The third-order valence-electron chi connectivity index (χ3n) is 3.62. The minimum Gasteiger partial charge on any atom is -0.481 e. The van der Waals surface area contributed by atoms with E-state index in [1.165, 1.54) is 0 Å². The van der Waals surface area contributed by atoms with Gasteiger partial charge in [0.05, 0.1) is 5.92 Å². The van der Waals surface area contributed by atoms with Crippen LogP contribution in [0.25, 0.3) is 0 Å². The molecule has 0 aliphatic carbocycles. The van der Waals surface area contributed by atoms with E-state index in [2.05, 4.69) is 10.5 Å². The van der Waals surface area contributed by atoms with Crippen LogP contribution >= 0.6 is 0 Å². The van der Waals surface area contributed by atoms with Crippen LogP contribution < -0.4 is 5.32 Å². The number of carbonyl (C=O) groups is 2. The monoisotopic (exact) mass is 295 g/mol. The number of nitrogens with zero attached hydrogens (tertiary/aromatic N) is 2. The average molecular weight is 295 g/mol. The van der Waals surface area contributed by atoms with E-state index in [0.717, 1.165) is 0 Å². The Kier molecular flexibility index (Phi) is 4.20. The van der Waals surface area contributed by atoms with E-state index in [1.807, 2.05) is 20.8 Å². The molecule has 7 heteroatoms. The Hall–Kier alpha value is -2.05. The summed E-state index contributed by atoms with van der Waals surface area (Å²) in [7, 11) is 0. The van der Waals surface area contributed by atoms with Gasteiger partial charge in [-0.25, -0.2) is 4.79 Å². The molecule has 1 aliphatic heterocycles. The molecule has 2 N–H and O–H groups in total. The second kappa shape index (κ2) is 5.75. The number of piperidine rings is 1. The maximum Gasteiger partial charge on any atom is 0.323 e. The summed E-state index contributed by atoms with van der Waals surface area (Å²) in [5.41, 5.74) is -0.171. The summed E-state index contributed by atoms with van der Waals surface area (Å²) in [6.45, 7) is 6.86. The van der Waals surface area contributed by atoms with Gasteiger partial charge in [0, 0.05) is 24.6 Å². The van der Waals surface area contributed by atoms with Crippen LogP contribution in [0.3, 0.4) is 0 Å². The number of hydrogen-bond acceptors (Lipinski definition) is 4. The van der Waals surface area contributed by atoms with Gasteiger partial charge in [0.25, 0.3) is 0 Å². The lowest BCUT2D eigenvalue weighted by molar-refractivity contribution is -0.143. The zero-order valence-electron chi connectivity index (χ0n) is 12.5. The zero-order valence-corrected chi connectivity index (χ0v) is 12.5. The molecule has 116 valence electrons. The van der Waals surface area contributed by atoms with Crippen LogP contribution in [0.2, 0.25) is 0 Å². The number of aromatic nitrogens is 1. The minimum absolute atomic E-state index is 0.171. The summed E-state index contributed by atoms with van der Waals surface area (Å²) >= 11 is 0. The number of nitrogens with one attached hydrogen (secondary N) is 1. The van der Waals surface area contributed by atoms with Gasteiger partial charge in [-0.2, -0.15) is 0 Å². The second-order valence-electron chi connectivity index (χ2n) is 6.36. The number of carbonyl (C=O) groups excluding carboxylic acids is 1. The highest BCUT2D eigenvalue weighted by Gasteiger charge is 2.27. The first kappa shape index (κ1) is 15.3. The van der Waals surface area contributed by atoms with Gasteiger partial charge in [-0.05, 0) is 12.8 Å². The van der Waals surface area contributed by atoms with Crippen molar-refractivity contribution < 1.29 is 19.2 Å². The van der Waals surface area contributed by atoms with E-state index >= 15 is 0 Å². The second-order valence-corrected chi connectivity index (χ2v) is 6.36. The average Bonchev–Trinajstić information content (AvgIpc) is 2.87. The molecule has 2 amide bonds. The largest absolute Gasteiger partial charge is 0.481 e. The van der Waals surface area contributed by atoms with Crippen molar-refractivity contribution in [1.82, 2.24) is 10.1 Å². The summed E-state index contributed by atoms with van der Waals surface area (Å²) in [6.07, 6.45) is 0.962. The molecule has 0 saturated carbocycles. The fraction of sp³-hybridized carbons (Fsp3) is 0.643. The highest BCUT2D eigenvalue weighted by molar-refractivity contribution is 5.88. The first-order valence-electron chi connectivity index (χ1n) is 7.03. The summed E-state index contributed by atoms with van der Waals surface area (Å²) in [5.74, 6) is -0.0670. The molecular weight excluding hydrogens is 274 g/mol. The molecule has 21 heavy (non-hydrogen) atoms. The van der Waals surface area contributed by atoms with E-state index in [9.17, 15) is 9.59 Å². The van der Waals surface area contributed by atoms with Gasteiger partial charge in [-0.3, -0.25) is 10.1 Å². The predicted octanol–water partition coefficient (Wildman–Crippen LogP) is 2.30. The van der Waals surface area contributed by atoms with Crippen LogP contribution in [0, 0.1) is 5.92 Å². The van der Waals surface area contributed by atoms with Crippen LogP contribution in [0.4, 0.5) is 10.6 Å². The third kappa shape index (κ3) is 3.74. The Balaban J connectivity index is 1.91. The molecule has 1 saturated heterocycles. The van der Waals surface area contributed by atoms with Crippen molar-refractivity contribution in [3.05, 3.63) is 11.8 Å². The van der Waals surface area contributed by atoms with Crippen LogP contribution in [0.5, 0.6) is 0 Å². The van der Waals surface area contributed by atoms with Gasteiger partial charge >= 0.3 is 12.0 Å². The highest BCUT2D eigenvalue weighted by atomic mass is 16.5. The molecule has 0 aromatic carbocycles. The molecule has 0 unspecified atom stereocenters. The normalized spacial score (nSPS) is 16.8. The number of anilines is 1. The van der Waals surface area contributed by atoms with E-state index in [1.54, 1.807) is 11.0 Å². The molecule has 0 bridgehead atoms. The number of carboxylic acids is 1. The van der Waals surface area contributed by atoms with E-state index in [0.29, 0.717) is 37.5 Å². The molecule has 1 aromatic heterocycles. The van der Waals surface area contributed by atoms with Gasteiger partial charge in [0.15, 0.2) is 5.82 Å². The van der Waals surface area contributed by atoms with Crippen molar-refractivity contribution in [2.45, 2.75) is 39.0 Å². The quantitative estimate of drug-likeness (QED) is 0.872. The van der Waals surface area contributed by atoms with Gasteiger partial charge in [0.1, 0.15) is 5.76 Å². The van der Waals surface area contributed by atoms with E-state index in [4.69, 9.17) is 9.63 Å². The van der Waals surface area contributed by atoms with Crippen LogP contribution in [-0.2, 0) is 10.2 Å². The fourth-order valence-electron chi connectivity index (χ4n) is 2.21. The molecule has 1 aliphatic rings. The Morgan fingerprint density at radius 3 is 2.48 bits per heavy atom. The maximum atomic E-state index is 12.1. The van der Waals surface area contributed by atoms with E-state index in [-0.39, 0.29) is 17.4 Å². The summed E-state index contributed by atoms with van der Waals surface area (Å²) in [4.78, 5) is 24.6. The number of aliphatic carboxylic acids is 1. The lowest BCUT2D eigenvalue weighted by atomic mass is 9.93. The number of carboxylic acid groups (broad SMARTS) is 1.